The summed E-state index contributed by atoms with van der Waals surface area (Å²) < 4.78 is 5.41. The summed E-state index contributed by atoms with van der Waals surface area (Å²) in [6.07, 6.45) is 6.99. The Morgan fingerprint density at radius 2 is 2.50 bits per heavy atom. The highest BCUT2D eigenvalue weighted by atomic mass is 16.5. The van der Waals surface area contributed by atoms with Gasteiger partial charge >= 0.3 is 0 Å². The van der Waals surface area contributed by atoms with Gasteiger partial charge < -0.3 is 4.74 Å². The van der Waals surface area contributed by atoms with Crippen molar-refractivity contribution >= 4 is 0 Å². The van der Waals surface area contributed by atoms with E-state index in [9.17, 15) is 0 Å². The zero-order valence-electron chi connectivity index (χ0n) is 6.29. The van der Waals surface area contributed by atoms with Crippen molar-refractivity contribution < 1.29 is 4.74 Å². The predicted octanol–water partition coefficient (Wildman–Crippen LogP) is 1.20. The normalized spacial score (nSPS) is 39.3. The molecule has 56 valence electrons. The number of rotatable bonds is 0. The van der Waals surface area contributed by atoms with Gasteiger partial charge in [-0.15, -0.1) is 0 Å². The Bertz CT molecular complexity index is 155. The van der Waals surface area contributed by atoms with Gasteiger partial charge in [0, 0.05) is 12.5 Å². The molecule has 0 amide bonds. The topological polar surface area (TPSA) is 12.5 Å². The Morgan fingerprint density at radius 3 is 3.30 bits per heavy atom. The van der Waals surface area contributed by atoms with E-state index < -0.39 is 0 Å². The minimum absolute atomic E-state index is 0.355. The van der Waals surface area contributed by atoms with Crippen molar-refractivity contribution in [3.63, 3.8) is 0 Å². The van der Waals surface area contributed by atoms with E-state index >= 15 is 0 Å². The summed E-state index contributed by atoms with van der Waals surface area (Å²) in [4.78, 5) is 2.29. The van der Waals surface area contributed by atoms with Crippen LogP contribution >= 0.6 is 0 Å². The highest BCUT2D eigenvalue weighted by Crippen LogP contribution is 2.28. The van der Waals surface area contributed by atoms with Gasteiger partial charge in [-0.1, -0.05) is 0 Å². The average molecular weight is 139 g/mol. The van der Waals surface area contributed by atoms with E-state index in [0.717, 1.165) is 0 Å². The van der Waals surface area contributed by atoms with Crippen LogP contribution in [0.3, 0.4) is 0 Å². The van der Waals surface area contributed by atoms with Gasteiger partial charge in [-0.25, -0.2) is 0 Å². The van der Waals surface area contributed by atoms with E-state index in [0.29, 0.717) is 12.1 Å². The van der Waals surface area contributed by atoms with Crippen LogP contribution in [-0.2, 0) is 4.74 Å². The fourth-order valence-corrected chi connectivity index (χ4v) is 1.80. The zero-order chi connectivity index (χ0) is 6.97. The van der Waals surface area contributed by atoms with Crippen molar-refractivity contribution in [1.82, 2.24) is 4.90 Å². The molecule has 0 aromatic heterocycles. The molecule has 0 aliphatic carbocycles. The van der Waals surface area contributed by atoms with E-state index in [1.54, 1.807) is 0 Å². The van der Waals surface area contributed by atoms with Crippen LogP contribution in [0.25, 0.3) is 0 Å². The fourth-order valence-electron chi connectivity index (χ4n) is 1.80. The SMILES string of the molecule is CN1CCCC2C=COC21. The summed E-state index contributed by atoms with van der Waals surface area (Å²) in [6, 6.07) is 0. The largest absolute Gasteiger partial charge is 0.482 e. The van der Waals surface area contributed by atoms with E-state index in [4.69, 9.17) is 4.74 Å². The number of piperidine rings is 1. The quantitative estimate of drug-likeness (QED) is 0.500. The molecule has 0 saturated carbocycles. The Labute approximate surface area is 61.5 Å². The van der Waals surface area contributed by atoms with Crippen molar-refractivity contribution in [2.45, 2.75) is 19.1 Å². The molecule has 0 aromatic rings. The second-order valence-electron chi connectivity index (χ2n) is 3.14. The minimum Gasteiger partial charge on any atom is -0.482 e. The van der Waals surface area contributed by atoms with Crippen LogP contribution in [0.5, 0.6) is 0 Å². The van der Waals surface area contributed by atoms with Crippen LogP contribution in [0.2, 0.25) is 0 Å². The molecule has 0 N–H and O–H groups in total. The van der Waals surface area contributed by atoms with Gasteiger partial charge in [0.05, 0.1) is 6.26 Å². The Balaban J connectivity index is 2.07. The maximum Gasteiger partial charge on any atom is 0.157 e. The molecular weight excluding hydrogens is 126 g/mol. The van der Waals surface area contributed by atoms with Crippen LogP contribution in [0.1, 0.15) is 12.8 Å². The third kappa shape index (κ3) is 0.833. The lowest BCUT2D eigenvalue weighted by Crippen LogP contribution is -2.40. The summed E-state index contributed by atoms with van der Waals surface area (Å²) in [7, 11) is 2.13. The molecule has 2 heterocycles. The third-order valence-corrected chi connectivity index (χ3v) is 2.39. The molecule has 0 aromatic carbocycles. The maximum absolute atomic E-state index is 5.41. The molecule has 2 heteroatoms. The van der Waals surface area contributed by atoms with Crippen molar-refractivity contribution in [3.8, 4) is 0 Å². The first kappa shape index (κ1) is 6.23. The van der Waals surface area contributed by atoms with Gasteiger partial charge in [0.1, 0.15) is 0 Å². The third-order valence-electron chi connectivity index (χ3n) is 2.39. The number of fused-ring (bicyclic) bond motifs is 1. The molecule has 0 bridgehead atoms. The first-order chi connectivity index (χ1) is 4.88. The summed E-state index contributed by atoms with van der Waals surface area (Å²) in [6.45, 7) is 1.18. The monoisotopic (exact) mass is 139 g/mol. The van der Waals surface area contributed by atoms with Gasteiger partial charge in [0.2, 0.25) is 0 Å². The molecule has 2 nitrogen and oxygen atoms in total. The van der Waals surface area contributed by atoms with Crippen LogP contribution < -0.4 is 0 Å². The lowest BCUT2D eigenvalue weighted by atomic mass is 9.98. The molecule has 2 atom stereocenters. The highest BCUT2D eigenvalue weighted by Gasteiger charge is 2.31. The molecule has 10 heavy (non-hydrogen) atoms. The first-order valence-electron chi connectivity index (χ1n) is 3.90. The minimum atomic E-state index is 0.355. The second-order valence-corrected chi connectivity index (χ2v) is 3.14. The standard InChI is InChI=1S/C8H13NO/c1-9-5-2-3-7-4-6-10-8(7)9/h4,6-8H,2-3,5H2,1H3. The van der Waals surface area contributed by atoms with Crippen LogP contribution in [0.4, 0.5) is 0 Å². The Hall–Kier alpha value is -0.500. The van der Waals surface area contributed by atoms with E-state index in [2.05, 4.69) is 18.0 Å². The number of hydrogen-bond donors (Lipinski definition) is 0. The van der Waals surface area contributed by atoms with Gasteiger partial charge in [-0.2, -0.15) is 0 Å². The van der Waals surface area contributed by atoms with Crippen molar-refractivity contribution in [2.24, 2.45) is 5.92 Å². The van der Waals surface area contributed by atoms with E-state index in [-0.39, 0.29) is 0 Å². The van der Waals surface area contributed by atoms with Gasteiger partial charge in [0.25, 0.3) is 0 Å². The molecule has 2 unspecified atom stereocenters. The Kier molecular flexibility index (Phi) is 1.42. The smallest absolute Gasteiger partial charge is 0.157 e. The molecule has 1 fully saturated rings. The summed E-state index contributed by atoms with van der Waals surface area (Å²) in [5, 5.41) is 0. The van der Waals surface area contributed by atoms with Crippen molar-refractivity contribution in [1.29, 1.82) is 0 Å². The number of nitrogens with zero attached hydrogens (tertiary/aromatic N) is 1. The highest BCUT2D eigenvalue weighted by molar-refractivity contribution is 4.96. The van der Waals surface area contributed by atoms with E-state index in [1.807, 2.05) is 6.26 Å². The van der Waals surface area contributed by atoms with Gasteiger partial charge in [-0.3, -0.25) is 4.90 Å². The molecule has 0 spiro atoms. The molecule has 2 aliphatic heterocycles. The van der Waals surface area contributed by atoms with Crippen LogP contribution in [0, 0.1) is 5.92 Å². The zero-order valence-corrected chi connectivity index (χ0v) is 6.29. The maximum atomic E-state index is 5.41. The van der Waals surface area contributed by atoms with Crippen molar-refractivity contribution in [3.05, 3.63) is 12.3 Å². The van der Waals surface area contributed by atoms with E-state index in [1.165, 1.54) is 19.4 Å². The summed E-state index contributed by atoms with van der Waals surface area (Å²) in [5.41, 5.74) is 0. The fraction of sp³-hybridized carbons (Fsp3) is 0.750. The second kappa shape index (κ2) is 2.27. The predicted molar refractivity (Wildman–Crippen MR) is 39.4 cm³/mol. The number of hydrogen-bond acceptors (Lipinski definition) is 2. The molecule has 2 rings (SSSR count). The first-order valence-corrected chi connectivity index (χ1v) is 3.90. The molecule has 0 radical (unpaired) electrons. The summed E-state index contributed by atoms with van der Waals surface area (Å²) >= 11 is 0. The summed E-state index contributed by atoms with van der Waals surface area (Å²) in [5.74, 6) is 0.666. The lowest BCUT2D eigenvalue weighted by molar-refractivity contribution is -0.0253. The molecule has 1 saturated heterocycles. The van der Waals surface area contributed by atoms with Gasteiger partial charge in [0.15, 0.2) is 6.23 Å². The Morgan fingerprint density at radius 1 is 1.60 bits per heavy atom. The van der Waals surface area contributed by atoms with Gasteiger partial charge in [-0.05, 0) is 26.0 Å². The number of likely N-dealkylation sites (tertiary alicyclic amines) is 1. The lowest BCUT2D eigenvalue weighted by Gasteiger charge is -2.32. The average Bonchev–Trinajstić information content (AvgIpc) is 2.36. The van der Waals surface area contributed by atoms with Crippen LogP contribution in [0.15, 0.2) is 12.3 Å². The van der Waals surface area contributed by atoms with Crippen LogP contribution in [-0.4, -0.2) is 24.7 Å². The van der Waals surface area contributed by atoms with Crippen molar-refractivity contribution in [2.75, 3.05) is 13.6 Å². The number of ether oxygens (including phenoxy) is 1. The molecule has 2 aliphatic rings. The molecular formula is C8H13NO.